The fourth-order valence-corrected chi connectivity index (χ4v) is 4.65. The predicted octanol–water partition coefficient (Wildman–Crippen LogP) is 2.39. The smallest absolute Gasteiger partial charge is 0.308 e. The summed E-state index contributed by atoms with van der Waals surface area (Å²) in [7, 11) is -3.59. The van der Waals surface area contributed by atoms with E-state index in [-0.39, 0.29) is 30.3 Å². The maximum Gasteiger partial charge on any atom is 0.308 e. The molecule has 0 spiro atoms. The first kappa shape index (κ1) is 19.7. The Morgan fingerprint density at radius 3 is 2.69 bits per heavy atom. The molecule has 0 aromatic heterocycles. The van der Waals surface area contributed by atoms with Gasteiger partial charge in [-0.1, -0.05) is 28.1 Å². The largest absolute Gasteiger partial charge is 0.486 e. The number of benzene rings is 2. The molecule has 152 valence electrons. The molecule has 10 heteroatoms. The number of carbonyl (C=O) groups is 1. The highest BCUT2D eigenvalue weighted by Gasteiger charge is 2.30. The molecule has 2 heterocycles. The first-order valence-electron chi connectivity index (χ1n) is 8.84. The minimum atomic E-state index is -3.59. The highest BCUT2D eigenvalue weighted by Crippen LogP contribution is 2.35. The second kappa shape index (κ2) is 8.03. The Morgan fingerprint density at radius 1 is 1.17 bits per heavy atom. The Kier molecular flexibility index (Phi) is 5.46. The predicted molar refractivity (Wildman–Crippen MR) is 108 cm³/mol. The summed E-state index contributed by atoms with van der Waals surface area (Å²) >= 11 is 3.44. The van der Waals surface area contributed by atoms with Crippen LogP contribution >= 0.6 is 15.9 Å². The lowest BCUT2D eigenvalue weighted by molar-refractivity contribution is -0.144. The number of rotatable bonds is 5. The number of hydrogen-bond acceptors (Lipinski definition) is 7. The molecule has 2 aromatic carbocycles. The summed E-state index contributed by atoms with van der Waals surface area (Å²) in [6, 6.07) is 10.1. The maximum atomic E-state index is 12.1. The summed E-state index contributed by atoms with van der Waals surface area (Å²) in [4.78, 5) is 16.5. The highest BCUT2D eigenvalue weighted by molar-refractivity contribution is 9.10. The van der Waals surface area contributed by atoms with E-state index in [0.29, 0.717) is 30.3 Å². The number of aliphatic imine (C=N–C) groups is 1. The number of hydrogen-bond donors (Lipinski definition) is 1. The van der Waals surface area contributed by atoms with Gasteiger partial charge >= 0.3 is 5.97 Å². The van der Waals surface area contributed by atoms with Crippen LogP contribution in [-0.4, -0.2) is 40.0 Å². The van der Waals surface area contributed by atoms with Crippen LogP contribution in [0.5, 0.6) is 11.5 Å². The van der Waals surface area contributed by atoms with Crippen molar-refractivity contribution in [3.8, 4) is 11.5 Å². The molecule has 2 aliphatic heterocycles. The van der Waals surface area contributed by atoms with Crippen molar-refractivity contribution in [1.82, 2.24) is 4.72 Å². The van der Waals surface area contributed by atoms with Gasteiger partial charge in [0.05, 0.1) is 17.9 Å². The fourth-order valence-electron chi connectivity index (χ4n) is 2.96. The lowest BCUT2D eigenvalue weighted by Crippen LogP contribution is -2.22. The van der Waals surface area contributed by atoms with E-state index >= 15 is 0 Å². The van der Waals surface area contributed by atoms with E-state index in [1.54, 1.807) is 30.3 Å². The average molecular weight is 481 g/mol. The summed E-state index contributed by atoms with van der Waals surface area (Å²) in [6.45, 7) is 1.15. The lowest BCUT2D eigenvalue weighted by Gasteiger charge is -2.19. The fraction of sp³-hybridized carbons (Fsp3) is 0.263. The van der Waals surface area contributed by atoms with E-state index in [4.69, 9.17) is 14.2 Å². The van der Waals surface area contributed by atoms with Gasteiger partial charge in [0.25, 0.3) is 10.0 Å². The Labute approximate surface area is 176 Å². The van der Waals surface area contributed by atoms with Crippen molar-refractivity contribution in [2.45, 2.75) is 17.9 Å². The molecular weight excluding hydrogens is 464 g/mol. The third-order valence-electron chi connectivity index (χ3n) is 4.35. The molecular formula is C19H17BrN2O6S. The van der Waals surface area contributed by atoms with Gasteiger partial charge in [-0.05, 0) is 24.3 Å². The van der Waals surface area contributed by atoms with Gasteiger partial charge in [-0.3, -0.25) is 14.5 Å². The molecule has 2 aliphatic rings. The third-order valence-corrected chi connectivity index (χ3v) is 6.48. The number of sulfonamides is 1. The summed E-state index contributed by atoms with van der Waals surface area (Å²) in [5.74, 6) is 1.06. The molecule has 0 bridgehead atoms. The van der Waals surface area contributed by atoms with Crippen molar-refractivity contribution in [3.63, 3.8) is 0 Å². The zero-order valence-electron chi connectivity index (χ0n) is 15.2. The number of amidine groups is 1. The third kappa shape index (κ3) is 4.23. The van der Waals surface area contributed by atoms with E-state index in [9.17, 15) is 13.2 Å². The minimum absolute atomic E-state index is 0.0234. The van der Waals surface area contributed by atoms with Crippen LogP contribution in [0.2, 0.25) is 0 Å². The average Bonchev–Trinajstić information content (AvgIpc) is 2.97. The van der Waals surface area contributed by atoms with Gasteiger partial charge in [0.2, 0.25) is 0 Å². The number of esters is 1. The topological polar surface area (TPSA) is 103 Å². The second-order valence-electron chi connectivity index (χ2n) is 6.33. The Bertz CT molecular complexity index is 1100. The van der Waals surface area contributed by atoms with E-state index in [2.05, 4.69) is 25.6 Å². The molecule has 0 aliphatic carbocycles. The summed E-state index contributed by atoms with van der Waals surface area (Å²) in [5.41, 5.74) is 1.26. The first-order chi connectivity index (χ1) is 13.9. The normalized spacial score (nSPS) is 17.5. The Hall–Kier alpha value is -2.59. The van der Waals surface area contributed by atoms with Gasteiger partial charge in [-0.15, -0.1) is 0 Å². The number of halogens is 1. The van der Waals surface area contributed by atoms with Crippen LogP contribution in [0.25, 0.3) is 0 Å². The SMILES string of the molecule is O=C(CCN=C1NS(=O)(=O)c2ccccc21)OCc1cc2c(cc1Br)OCCO2. The zero-order chi connectivity index (χ0) is 20.4. The van der Waals surface area contributed by atoms with Crippen molar-refractivity contribution in [1.29, 1.82) is 0 Å². The molecule has 8 nitrogen and oxygen atoms in total. The summed E-state index contributed by atoms with van der Waals surface area (Å²) in [6.07, 6.45) is 0.0234. The van der Waals surface area contributed by atoms with E-state index in [1.807, 2.05) is 0 Å². The van der Waals surface area contributed by atoms with E-state index in [0.717, 1.165) is 10.0 Å². The lowest BCUT2D eigenvalue weighted by atomic mass is 10.2. The van der Waals surface area contributed by atoms with Crippen LogP contribution in [0.3, 0.4) is 0 Å². The molecule has 0 atom stereocenters. The van der Waals surface area contributed by atoms with Crippen LogP contribution in [0.1, 0.15) is 17.5 Å². The first-order valence-corrected chi connectivity index (χ1v) is 11.1. The molecule has 0 unspecified atom stereocenters. The zero-order valence-corrected chi connectivity index (χ0v) is 17.6. The number of nitrogens with one attached hydrogen (secondary N) is 1. The van der Waals surface area contributed by atoms with E-state index < -0.39 is 16.0 Å². The van der Waals surface area contributed by atoms with Crippen molar-refractivity contribution in [3.05, 3.63) is 52.0 Å². The monoisotopic (exact) mass is 480 g/mol. The second-order valence-corrected chi connectivity index (χ2v) is 8.84. The minimum Gasteiger partial charge on any atom is -0.486 e. The van der Waals surface area contributed by atoms with E-state index in [1.165, 1.54) is 6.07 Å². The van der Waals surface area contributed by atoms with Crippen LogP contribution in [-0.2, 0) is 26.2 Å². The van der Waals surface area contributed by atoms with Crippen molar-refractivity contribution < 1.29 is 27.4 Å². The van der Waals surface area contributed by atoms with Crippen LogP contribution < -0.4 is 14.2 Å². The number of ether oxygens (including phenoxy) is 3. The standard InChI is InChI=1S/C19H17BrN2O6S/c20-14-10-16-15(26-7-8-27-16)9-12(14)11-28-18(23)5-6-21-19-13-3-1-2-4-17(13)29(24,25)22-19/h1-4,9-10H,5-8,11H2,(H,21,22). The van der Waals surface area contributed by atoms with Crippen molar-refractivity contribution in [2.24, 2.45) is 4.99 Å². The Balaban J connectivity index is 1.34. The Morgan fingerprint density at radius 2 is 1.90 bits per heavy atom. The highest BCUT2D eigenvalue weighted by atomic mass is 79.9. The van der Waals surface area contributed by atoms with Gasteiger partial charge in [-0.25, -0.2) is 8.42 Å². The molecule has 2 aromatic rings. The molecule has 0 fully saturated rings. The molecule has 0 radical (unpaired) electrons. The number of fused-ring (bicyclic) bond motifs is 2. The van der Waals surface area contributed by atoms with Gasteiger partial charge in [0, 0.05) is 15.6 Å². The van der Waals surface area contributed by atoms with Crippen LogP contribution in [0.15, 0.2) is 50.8 Å². The maximum absolute atomic E-state index is 12.1. The molecule has 0 saturated carbocycles. The summed E-state index contributed by atoms with van der Waals surface area (Å²) < 4.78 is 43.6. The van der Waals surface area contributed by atoms with Crippen molar-refractivity contribution in [2.75, 3.05) is 19.8 Å². The van der Waals surface area contributed by atoms with Gasteiger partial charge in [0.1, 0.15) is 25.7 Å². The number of carbonyl (C=O) groups excluding carboxylic acids is 1. The molecule has 0 amide bonds. The van der Waals surface area contributed by atoms with Gasteiger partial charge in [0.15, 0.2) is 11.5 Å². The summed E-state index contributed by atoms with van der Waals surface area (Å²) in [5, 5.41) is 0. The molecule has 4 rings (SSSR count). The molecule has 1 N–H and O–H groups in total. The van der Waals surface area contributed by atoms with Crippen LogP contribution in [0, 0.1) is 0 Å². The molecule has 29 heavy (non-hydrogen) atoms. The van der Waals surface area contributed by atoms with Crippen LogP contribution in [0.4, 0.5) is 0 Å². The van der Waals surface area contributed by atoms with Gasteiger partial charge < -0.3 is 14.2 Å². The van der Waals surface area contributed by atoms with Crippen molar-refractivity contribution >= 4 is 37.8 Å². The van der Waals surface area contributed by atoms with Gasteiger partial charge in [-0.2, -0.15) is 0 Å². The molecule has 0 saturated heterocycles. The quantitative estimate of drug-likeness (QED) is 0.658. The number of nitrogens with zero attached hydrogens (tertiary/aromatic N) is 1.